The van der Waals surface area contributed by atoms with Crippen LogP contribution in [-0.4, -0.2) is 34.8 Å². The first kappa shape index (κ1) is 17.1. The summed E-state index contributed by atoms with van der Waals surface area (Å²) in [6.45, 7) is 1.32. The lowest BCUT2D eigenvalue weighted by Crippen LogP contribution is -2.53. The summed E-state index contributed by atoms with van der Waals surface area (Å²) in [6.07, 6.45) is -0.235. The summed E-state index contributed by atoms with van der Waals surface area (Å²) in [5.74, 6) is -1.12. The van der Waals surface area contributed by atoms with Gasteiger partial charge in [-0.15, -0.1) is 0 Å². The molecule has 0 radical (unpaired) electrons. The molecule has 0 aromatic heterocycles. The Morgan fingerprint density at radius 1 is 1.67 bits per heavy atom. The minimum atomic E-state index is -1.05. The van der Waals surface area contributed by atoms with E-state index in [0.717, 1.165) is 0 Å². The van der Waals surface area contributed by atoms with Gasteiger partial charge in [-0.1, -0.05) is 38.5 Å². The minimum absolute atomic E-state index is 0.138. The second-order valence-electron chi connectivity index (χ2n) is 5.07. The van der Waals surface area contributed by atoms with Crippen molar-refractivity contribution >= 4 is 44.4 Å². The SMILES string of the molecule is CC(=O)N[C@@]1(c2cc(Br)ccc2F)CO[C@H](CI)[C@H]1CO. The summed E-state index contributed by atoms with van der Waals surface area (Å²) in [4.78, 5) is 11.6. The van der Waals surface area contributed by atoms with E-state index < -0.39 is 17.3 Å². The molecule has 0 aliphatic carbocycles. The van der Waals surface area contributed by atoms with E-state index in [9.17, 15) is 14.3 Å². The number of ether oxygens (including phenoxy) is 1. The number of alkyl halides is 1. The van der Waals surface area contributed by atoms with Crippen LogP contribution >= 0.6 is 38.5 Å². The molecule has 1 aliphatic heterocycles. The van der Waals surface area contributed by atoms with Crippen LogP contribution < -0.4 is 5.32 Å². The van der Waals surface area contributed by atoms with Gasteiger partial charge < -0.3 is 15.2 Å². The molecule has 1 amide bonds. The molecular formula is C14H16BrFINO3. The molecule has 1 aromatic carbocycles. The summed E-state index contributed by atoms with van der Waals surface area (Å²) in [5, 5.41) is 12.6. The van der Waals surface area contributed by atoms with Gasteiger partial charge in [0.05, 0.1) is 24.9 Å². The zero-order valence-electron chi connectivity index (χ0n) is 11.4. The van der Waals surface area contributed by atoms with E-state index in [4.69, 9.17) is 4.74 Å². The van der Waals surface area contributed by atoms with Crippen LogP contribution in [-0.2, 0) is 15.1 Å². The highest BCUT2D eigenvalue weighted by Crippen LogP contribution is 2.41. The smallest absolute Gasteiger partial charge is 0.217 e. The van der Waals surface area contributed by atoms with Crippen molar-refractivity contribution in [2.24, 2.45) is 5.92 Å². The van der Waals surface area contributed by atoms with Crippen LogP contribution in [0.3, 0.4) is 0 Å². The zero-order chi connectivity index (χ0) is 15.6. The fraction of sp³-hybridized carbons (Fsp3) is 0.500. The Hall–Kier alpha value is -0.250. The molecule has 1 saturated heterocycles. The van der Waals surface area contributed by atoms with Gasteiger partial charge >= 0.3 is 0 Å². The van der Waals surface area contributed by atoms with Crippen molar-refractivity contribution in [3.63, 3.8) is 0 Å². The Morgan fingerprint density at radius 2 is 2.38 bits per heavy atom. The van der Waals surface area contributed by atoms with Gasteiger partial charge in [0.15, 0.2) is 0 Å². The average Bonchev–Trinajstić information content (AvgIpc) is 2.79. The molecule has 4 nitrogen and oxygen atoms in total. The van der Waals surface area contributed by atoms with Crippen molar-refractivity contribution in [3.05, 3.63) is 34.1 Å². The lowest BCUT2D eigenvalue weighted by Gasteiger charge is -2.35. The summed E-state index contributed by atoms with van der Waals surface area (Å²) in [7, 11) is 0. The van der Waals surface area contributed by atoms with Crippen LogP contribution in [0.5, 0.6) is 0 Å². The van der Waals surface area contributed by atoms with Crippen LogP contribution in [0, 0.1) is 11.7 Å². The zero-order valence-corrected chi connectivity index (χ0v) is 15.1. The molecule has 0 saturated carbocycles. The number of hydrogen-bond donors (Lipinski definition) is 2. The van der Waals surface area contributed by atoms with Gasteiger partial charge in [-0.05, 0) is 18.2 Å². The number of amides is 1. The molecule has 1 heterocycles. The van der Waals surface area contributed by atoms with Gasteiger partial charge in [-0.25, -0.2) is 4.39 Å². The Bertz CT molecular complexity index is 545. The van der Waals surface area contributed by atoms with Gasteiger partial charge in [0, 0.05) is 27.3 Å². The monoisotopic (exact) mass is 471 g/mol. The normalized spacial score (nSPS) is 28.6. The van der Waals surface area contributed by atoms with Crippen molar-refractivity contribution in [1.29, 1.82) is 0 Å². The second kappa shape index (κ2) is 6.89. The first-order valence-electron chi connectivity index (χ1n) is 6.47. The number of rotatable bonds is 4. The highest BCUT2D eigenvalue weighted by atomic mass is 127. The molecule has 3 atom stereocenters. The van der Waals surface area contributed by atoms with Crippen molar-refractivity contribution in [2.45, 2.75) is 18.6 Å². The third-order valence-corrected chi connectivity index (χ3v) is 5.13. The molecule has 2 N–H and O–H groups in total. The van der Waals surface area contributed by atoms with E-state index in [1.54, 1.807) is 12.1 Å². The van der Waals surface area contributed by atoms with Crippen LogP contribution in [0.2, 0.25) is 0 Å². The van der Waals surface area contributed by atoms with Gasteiger partial charge in [0.25, 0.3) is 0 Å². The molecule has 2 rings (SSSR count). The van der Waals surface area contributed by atoms with Crippen LogP contribution in [0.4, 0.5) is 4.39 Å². The molecule has 1 fully saturated rings. The van der Waals surface area contributed by atoms with E-state index in [0.29, 0.717) is 14.5 Å². The Morgan fingerprint density at radius 3 is 2.95 bits per heavy atom. The number of nitrogens with one attached hydrogen (secondary N) is 1. The number of aliphatic hydroxyl groups is 1. The van der Waals surface area contributed by atoms with E-state index in [2.05, 4.69) is 43.8 Å². The fourth-order valence-electron chi connectivity index (χ4n) is 2.83. The molecule has 21 heavy (non-hydrogen) atoms. The van der Waals surface area contributed by atoms with Crippen molar-refractivity contribution in [3.8, 4) is 0 Å². The lowest BCUT2D eigenvalue weighted by molar-refractivity contribution is -0.121. The van der Waals surface area contributed by atoms with Crippen LogP contribution in [0.15, 0.2) is 22.7 Å². The number of carbonyl (C=O) groups is 1. The molecule has 0 unspecified atom stereocenters. The molecule has 0 bridgehead atoms. The van der Waals surface area contributed by atoms with Crippen molar-refractivity contribution < 1.29 is 19.0 Å². The Balaban J connectivity index is 2.57. The maximum atomic E-state index is 14.3. The Kier molecular flexibility index (Phi) is 5.61. The summed E-state index contributed by atoms with van der Waals surface area (Å²) >= 11 is 5.49. The molecule has 0 spiro atoms. The average molecular weight is 472 g/mol. The van der Waals surface area contributed by atoms with Gasteiger partial charge in [0.2, 0.25) is 5.91 Å². The van der Waals surface area contributed by atoms with Gasteiger partial charge in [-0.2, -0.15) is 0 Å². The molecule has 7 heteroatoms. The predicted molar refractivity (Wildman–Crippen MR) is 88.8 cm³/mol. The number of aliphatic hydroxyl groups excluding tert-OH is 1. The maximum absolute atomic E-state index is 14.3. The predicted octanol–water partition coefficient (Wildman–Crippen LogP) is 2.36. The van der Waals surface area contributed by atoms with Crippen molar-refractivity contribution in [2.75, 3.05) is 17.6 Å². The standard InChI is InChI=1S/C14H16BrFINO3/c1-8(20)18-14(7-21-13(5-17)11(14)6-19)10-4-9(15)2-3-12(10)16/h2-4,11,13,19H,5-7H2,1H3,(H,18,20)/t11-,13-,14-/m1/s1. The second-order valence-corrected chi connectivity index (χ2v) is 6.87. The topological polar surface area (TPSA) is 58.6 Å². The van der Waals surface area contributed by atoms with Crippen molar-refractivity contribution in [1.82, 2.24) is 5.32 Å². The number of halogens is 3. The van der Waals surface area contributed by atoms with E-state index in [-0.39, 0.29) is 25.2 Å². The van der Waals surface area contributed by atoms with Gasteiger partial charge in [-0.3, -0.25) is 4.79 Å². The number of hydrogen-bond acceptors (Lipinski definition) is 3. The van der Waals surface area contributed by atoms with E-state index in [1.165, 1.54) is 13.0 Å². The van der Waals surface area contributed by atoms with E-state index >= 15 is 0 Å². The summed E-state index contributed by atoms with van der Waals surface area (Å²) in [6, 6.07) is 4.57. The quantitative estimate of drug-likeness (QED) is 0.523. The van der Waals surface area contributed by atoms with Crippen LogP contribution in [0.25, 0.3) is 0 Å². The lowest BCUT2D eigenvalue weighted by atomic mass is 9.78. The molecule has 1 aromatic rings. The third kappa shape index (κ3) is 3.25. The maximum Gasteiger partial charge on any atom is 0.217 e. The number of carbonyl (C=O) groups excluding carboxylic acids is 1. The van der Waals surface area contributed by atoms with E-state index in [1.807, 2.05) is 0 Å². The number of benzene rings is 1. The molecular weight excluding hydrogens is 456 g/mol. The highest BCUT2D eigenvalue weighted by molar-refractivity contribution is 14.1. The highest BCUT2D eigenvalue weighted by Gasteiger charge is 2.52. The minimum Gasteiger partial charge on any atom is -0.396 e. The summed E-state index contributed by atoms with van der Waals surface area (Å²) < 4.78 is 21.4. The molecule has 116 valence electrons. The largest absolute Gasteiger partial charge is 0.396 e. The fourth-order valence-corrected chi connectivity index (χ4v) is 4.06. The Labute approximate surface area is 144 Å². The first-order chi connectivity index (χ1) is 9.94. The first-order valence-corrected chi connectivity index (χ1v) is 8.79. The van der Waals surface area contributed by atoms with Crippen LogP contribution in [0.1, 0.15) is 12.5 Å². The molecule has 1 aliphatic rings. The summed E-state index contributed by atoms with van der Waals surface area (Å²) in [5.41, 5.74) is -0.719. The van der Waals surface area contributed by atoms with Gasteiger partial charge in [0.1, 0.15) is 5.82 Å². The third-order valence-electron chi connectivity index (χ3n) is 3.76.